The van der Waals surface area contributed by atoms with Crippen molar-refractivity contribution in [1.29, 1.82) is 0 Å². The Kier molecular flexibility index (Phi) is 35.6. The van der Waals surface area contributed by atoms with Crippen molar-refractivity contribution in [3.63, 3.8) is 0 Å². The number of phosphoric ester groups is 1. The molecule has 318 valence electrons. The van der Waals surface area contributed by atoms with Crippen molar-refractivity contribution in [3.8, 4) is 0 Å². The van der Waals surface area contributed by atoms with Crippen LogP contribution in [0.2, 0.25) is 0 Å². The van der Waals surface area contributed by atoms with Crippen LogP contribution in [0.3, 0.4) is 0 Å². The highest BCUT2D eigenvalue weighted by molar-refractivity contribution is 7.47. The first-order valence-corrected chi connectivity index (χ1v) is 22.4. The summed E-state index contributed by atoms with van der Waals surface area (Å²) in [5.41, 5.74) is 0. The number of ether oxygens (including phenoxy) is 2. The van der Waals surface area contributed by atoms with Gasteiger partial charge in [0, 0.05) is 19.3 Å². The van der Waals surface area contributed by atoms with E-state index in [4.69, 9.17) is 19.1 Å². The number of aliphatic hydroxyl groups excluding tert-OH is 2. The predicted molar refractivity (Wildman–Crippen MR) is 219 cm³/mol. The summed E-state index contributed by atoms with van der Waals surface area (Å²) in [6, 6.07) is 0. The summed E-state index contributed by atoms with van der Waals surface area (Å²) < 4.78 is 32.5. The van der Waals surface area contributed by atoms with E-state index in [9.17, 15) is 28.9 Å². The number of hydrogen-bond donors (Lipinski definition) is 3. The van der Waals surface area contributed by atoms with Gasteiger partial charge in [-0.15, -0.1) is 0 Å². The maximum absolute atomic E-state index is 12.6. The van der Waals surface area contributed by atoms with Crippen molar-refractivity contribution in [2.45, 2.75) is 174 Å². The monoisotopic (exact) mass is 799 g/mol. The van der Waals surface area contributed by atoms with E-state index in [0.717, 1.165) is 44.4 Å². The van der Waals surface area contributed by atoms with Crippen LogP contribution in [0.1, 0.15) is 162 Å². The normalized spacial score (nSPS) is 14.4. The van der Waals surface area contributed by atoms with E-state index in [1.54, 1.807) is 6.08 Å². The fraction of sp³-hybridized carbons (Fsp3) is 0.744. The zero-order valence-corrected chi connectivity index (χ0v) is 35.2. The number of rotatable bonds is 38. The minimum absolute atomic E-state index is 0.0479. The molecule has 3 N–H and O–H groups in total. The topological polar surface area (TPSA) is 166 Å². The molecule has 0 heterocycles. The van der Waals surface area contributed by atoms with Crippen LogP contribution in [0.25, 0.3) is 0 Å². The zero-order valence-electron chi connectivity index (χ0n) is 34.3. The molecule has 3 atom stereocenters. The third-order valence-corrected chi connectivity index (χ3v) is 9.59. The van der Waals surface area contributed by atoms with Gasteiger partial charge < -0.3 is 24.6 Å². The molecule has 0 aromatic carbocycles. The van der Waals surface area contributed by atoms with E-state index in [0.29, 0.717) is 6.42 Å². The highest BCUT2D eigenvalue weighted by atomic mass is 31.2. The standard InChI is InChI=1S/C43H75O11P/c1-4-5-6-7-8-9-10-11-14-17-20-23-26-30-39(45)31-28-33-42(47)51-36-41(37-53-55(49,50)52-35-40(46)34-44)54-43(48)32-27-24-21-18-15-12-13-16-19-22-25-29-38(2)3/h8-9,11,14,20,23,26,30,38,40-41,44,46H,4-7,10,12-13,15-19,21-22,24-25,27-29,31-37H2,1-3H3,(H,49,50)/b9-8-,14-11-,23-20-,30-26+/t40-,41+/m0/s1. The van der Waals surface area contributed by atoms with Crippen LogP contribution in [-0.2, 0) is 37.5 Å². The van der Waals surface area contributed by atoms with Crippen molar-refractivity contribution >= 4 is 25.5 Å². The predicted octanol–water partition coefficient (Wildman–Crippen LogP) is 9.98. The molecule has 0 aliphatic heterocycles. The molecule has 0 aromatic rings. The van der Waals surface area contributed by atoms with Crippen molar-refractivity contribution < 1.29 is 52.6 Å². The van der Waals surface area contributed by atoms with Gasteiger partial charge in [-0.1, -0.05) is 147 Å². The molecule has 0 bridgehead atoms. The van der Waals surface area contributed by atoms with Gasteiger partial charge in [-0.05, 0) is 50.5 Å². The Hall–Kier alpha value is -2.40. The van der Waals surface area contributed by atoms with E-state index >= 15 is 0 Å². The molecule has 1 unspecified atom stereocenters. The van der Waals surface area contributed by atoms with Gasteiger partial charge in [0.05, 0.1) is 19.8 Å². The minimum Gasteiger partial charge on any atom is -0.462 e. The molecule has 0 radical (unpaired) electrons. The van der Waals surface area contributed by atoms with Crippen LogP contribution in [0.15, 0.2) is 48.6 Å². The van der Waals surface area contributed by atoms with Crippen molar-refractivity contribution in [2.24, 2.45) is 5.92 Å². The second-order valence-corrected chi connectivity index (χ2v) is 16.0. The van der Waals surface area contributed by atoms with Gasteiger partial charge in [0.2, 0.25) is 0 Å². The quantitative estimate of drug-likeness (QED) is 0.0136. The number of carbonyl (C=O) groups excluding carboxylic acids is 3. The van der Waals surface area contributed by atoms with E-state index < -0.39 is 58.4 Å². The van der Waals surface area contributed by atoms with Crippen molar-refractivity contribution in [1.82, 2.24) is 0 Å². The Morgan fingerprint density at radius 3 is 1.87 bits per heavy atom. The smallest absolute Gasteiger partial charge is 0.462 e. The number of phosphoric acid groups is 1. The molecule has 0 spiro atoms. The van der Waals surface area contributed by atoms with Gasteiger partial charge >= 0.3 is 19.8 Å². The Morgan fingerprint density at radius 2 is 1.24 bits per heavy atom. The van der Waals surface area contributed by atoms with Crippen LogP contribution in [0.5, 0.6) is 0 Å². The fourth-order valence-corrected chi connectivity index (χ4v) is 6.16. The molecule has 0 aromatic heterocycles. The molecule has 0 fully saturated rings. The molecule has 55 heavy (non-hydrogen) atoms. The largest absolute Gasteiger partial charge is 0.472 e. The average Bonchev–Trinajstić information content (AvgIpc) is 3.15. The number of carbonyl (C=O) groups is 3. The highest BCUT2D eigenvalue weighted by Gasteiger charge is 2.27. The minimum atomic E-state index is -4.67. The Morgan fingerprint density at radius 1 is 0.655 bits per heavy atom. The Balaban J connectivity index is 4.52. The summed E-state index contributed by atoms with van der Waals surface area (Å²) >= 11 is 0. The SMILES string of the molecule is CCCCC/C=C\C/C=C\C/C=C\C=C\C(=O)CCCC(=O)OC[C@H](COP(=O)(O)OC[C@@H](O)CO)OC(=O)CCCCCCCCCCCCCC(C)C. The second kappa shape index (κ2) is 37.2. The molecule has 0 amide bonds. The number of allylic oxidation sites excluding steroid dienone is 8. The van der Waals surface area contributed by atoms with Crippen molar-refractivity contribution in [2.75, 3.05) is 26.4 Å². The Bertz CT molecular complexity index is 1130. The van der Waals surface area contributed by atoms with Crippen LogP contribution in [-0.4, -0.2) is 71.5 Å². The first-order chi connectivity index (χ1) is 26.5. The average molecular weight is 799 g/mol. The summed E-state index contributed by atoms with van der Waals surface area (Å²) in [5.74, 6) is -0.527. The maximum atomic E-state index is 12.6. The van der Waals surface area contributed by atoms with Crippen LogP contribution in [0.4, 0.5) is 0 Å². The summed E-state index contributed by atoms with van der Waals surface area (Å²) in [5, 5.41) is 18.3. The lowest BCUT2D eigenvalue weighted by molar-refractivity contribution is -0.161. The van der Waals surface area contributed by atoms with Crippen molar-refractivity contribution in [3.05, 3.63) is 48.6 Å². The first-order valence-electron chi connectivity index (χ1n) is 20.9. The molecule has 11 nitrogen and oxygen atoms in total. The number of ketones is 1. The van der Waals surface area contributed by atoms with Gasteiger partial charge in [-0.3, -0.25) is 23.4 Å². The molecule has 0 rings (SSSR count). The van der Waals surface area contributed by atoms with E-state index in [-0.39, 0.29) is 31.5 Å². The molecular weight excluding hydrogens is 723 g/mol. The molecular formula is C43H75O11P. The number of aliphatic hydroxyl groups is 2. The molecule has 0 saturated heterocycles. The Labute approximate surface area is 332 Å². The summed E-state index contributed by atoms with van der Waals surface area (Å²) in [6.07, 6.45) is 33.8. The summed E-state index contributed by atoms with van der Waals surface area (Å²) in [6.45, 7) is 4.37. The summed E-state index contributed by atoms with van der Waals surface area (Å²) in [4.78, 5) is 47.1. The van der Waals surface area contributed by atoms with Crippen LogP contribution >= 0.6 is 7.82 Å². The molecule has 12 heteroatoms. The number of esters is 2. The third kappa shape index (κ3) is 38.3. The lowest BCUT2D eigenvalue weighted by Gasteiger charge is -2.20. The fourth-order valence-electron chi connectivity index (χ4n) is 5.37. The van der Waals surface area contributed by atoms with Crippen LogP contribution < -0.4 is 0 Å². The highest BCUT2D eigenvalue weighted by Crippen LogP contribution is 2.43. The van der Waals surface area contributed by atoms with Gasteiger partial charge in [-0.25, -0.2) is 4.57 Å². The van der Waals surface area contributed by atoms with Gasteiger partial charge in [-0.2, -0.15) is 0 Å². The van der Waals surface area contributed by atoms with Gasteiger partial charge in [0.25, 0.3) is 0 Å². The van der Waals surface area contributed by atoms with E-state index in [1.807, 2.05) is 12.2 Å². The first kappa shape index (κ1) is 52.6. The molecule has 0 saturated carbocycles. The molecule has 0 aliphatic carbocycles. The zero-order chi connectivity index (χ0) is 40.8. The third-order valence-electron chi connectivity index (χ3n) is 8.64. The van der Waals surface area contributed by atoms with E-state index in [1.165, 1.54) is 76.7 Å². The summed E-state index contributed by atoms with van der Waals surface area (Å²) in [7, 11) is -4.67. The second-order valence-electron chi connectivity index (χ2n) is 14.5. The number of unbranched alkanes of at least 4 members (excludes halogenated alkanes) is 13. The lowest BCUT2D eigenvalue weighted by Crippen LogP contribution is -2.29. The molecule has 0 aliphatic rings. The van der Waals surface area contributed by atoms with Crippen LogP contribution in [0, 0.1) is 5.92 Å². The van der Waals surface area contributed by atoms with Gasteiger partial charge in [0.15, 0.2) is 11.9 Å². The lowest BCUT2D eigenvalue weighted by atomic mass is 10.0. The maximum Gasteiger partial charge on any atom is 0.472 e. The number of hydrogen-bond acceptors (Lipinski definition) is 10. The van der Waals surface area contributed by atoms with Gasteiger partial charge in [0.1, 0.15) is 12.7 Å². The van der Waals surface area contributed by atoms with E-state index in [2.05, 4.69) is 49.6 Å².